The fourth-order valence-electron chi connectivity index (χ4n) is 1.55. The molecule has 0 saturated heterocycles. The standard InChI is InChI=1S/C12H13N3O2S/c1-8-13-12(18-15-8)14-10(11(16)17)7-9-5-3-2-4-6-9/h2-6,10H,7H2,1H3,(H,16,17)(H,13,14,15)/t10-/m0/s1. The van der Waals surface area contributed by atoms with Crippen LogP contribution in [0.4, 0.5) is 5.13 Å². The number of aromatic nitrogens is 2. The number of hydrogen-bond acceptors (Lipinski definition) is 5. The average molecular weight is 263 g/mol. The van der Waals surface area contributed by atoms with Gasteiger partial charge < -0.3 is 10.4 Å². The van der Waals surface area contributed by atoms with Crippen molar-refractivity contribution < 1.29 is 9.90 Å². The predicted octanol–water partition coefficient (Wildman–Crippen LogP) is 1.95. The maximum Gasteiger partial charge on any atom is 0.326 e. The smallest absolute Gasteiger partial charge is 0.326 e. The summed E-state index contributed by atoms with van der Waals surface area (Å²) in [4.78, 5) is 15.3. The molecule has 2 N–H and O–H groups in total. The van der Waals surface area contributed by atoms with Crippen LogP contribution in [0.25, 0.3) is 0 Å². The van der Waals surface area contributed by atoms with Gasteiger partial charge in [0.05, 0.1) is 0 Å². The van der Waals surface area contributed by atoms with Crippen LogP contribution < -0.4 is 5.32 Å². The van der Waals surface area contributed by atoms with Crippen molar-refractivity contribution in [2.75, 3.05) is 5.32 Å². The van der Waals surface area contributed by atoms with E-state index in [1.54, 1.807) is 6.92 Å². The van der Waals surface area contributed by atoms with E-state index in [-0.39, 0.29) is 0 Å². The monoisotopic (exact) mass is 263 g/mol. The minimum Gasteiger partial charge on any atom is -0.480 e. The predicted molar refractivity (Wildman–Crippen MR) is 69.8 cm³/mol. The van der Waals surface area contributed by atoms with E-state index < -0.39 is 12.0 Å². The van der Waals surface area contributed by atoms with Crippen LogP contribution in [0.5, 0.6) is 0 Å². The summed E-state index contributed by atoms with van der Waals surface area (Å²) in [6, 6.07) is 8.80. The molecule has 0 bridgehead atoms. The fourth-order valence-corrected chi connectivity index (χ4v) is 2.18. The van der Waals surface area contributed by atoms with Crippen LogP contribution in [0.3, 0.4) is 0 Å². The maximum atomic E-state index is 11.2. The fraction of sp³-hybridized carbons (Fsp3) is 0.250. The van der Waals surface area contributed by atoms with E-state index in [1.807, 2.05) is 30.3 Å². The van der Waals surface area contributed by atoms with Gasteiger partial charge in [0.1, 0.15) is 11.9 Å². The summed E-state index contributed by atoms with van der Waals surface area (Å²) < 4.78 is 4.01. The first-order valence-corrected chi connectivity index (χ1v) is 6.26. The van der Waals surface area contributed by atoms with Gasteiger partial charge in [-0.3, -0.25) is 0 Å². The molecular formula is C12H13N3O2S. The lowest BCUT2D eigenvalue weighted by atomic mass is 10.1. The molecule has 6 heteroatoms. The molecule has 94 valence electrons. The Bertz CT molecular complexity index is 527. The van der Waals surface area contributed by atoms with E-state index in [0.29, 0.717) is 17.4 Å². The number of nitrogens with one attached hydrogen (secondary N) is 1. The molecular weight excluding hydrogens is 250 g/mol. The number of nitrogens with zero attached hydrogens (tertiary/aromatic N) is 2. The Labute approximate surface area is 109 Å². The van der Waals surface area contributed by atoms with E-state index in [1.165, 1.54) is 11.5 Å². The summed E-state index contributed by atoms with van der Waals surface area (Å²) in [5, 5.41) is 12.6. The van der Waals surface area contributed by atoms with Gasteiger partial charge in [-0.25, -0.2) is 9.78 Å². The highest BCUT2D eigenvalue weighted by Gasteiger charge is 2.19. The number of rotatable bonds is 5. The molecule has 0 radical (unpaired) electrons. The Morgan fingerprint density at radius 3 is 2.72 bits per heavy atom. The summed E-state index contributed by atoms with van der Waals surface area (Å²) in [7, 11) is 0. The van der Waals surface area contributed by atoms with Crippen LogP contribution in [0.2, 0.25) is 0 Å². The zero-order valence-corrected chi connectivity index (χ0v) is 10.6. The molecule has 0 amide bonds. The van der Waals surface area contributed by atoms with Crippen molar-refractivity contribution in [3.63, 3.8) is 0 Å². The number of benzene rings is 1. The van der Waals surface area contributed by atoms with E-state index in [9.17, 15) is 9.90 Å². The quantitative estimate of drug-likeness (QED) is 0.862. The zero-order valence-electron chi connectivity index (χ0n) is 9.83. The Morgan fingerprint density at radius 1 is 1.44 bits per heavy atom. The SMILES string of the molecule is Cc1nsc(N[C@@H](Cc2ccccc2)C(=O)O)n1. The molecule has 0 aliphatic heterocycles. The van der Waals surface area contributed by atoms with Crippen LogP contribution >= 0.6 is 11.5 Å². The third kappa shape index (κ3) is 3.27. The van der Waals surface area contributed by atoms with Crippen LogP contribution in [0.15, 0.2) is 30.3 Å². The molecule has 2 rings (SSSR count). The number of aliphatic carboxylic acids is 1. The van der Waals surface area contributed by atoms with E-state index in [4.69, 9.17) is 0 Å². The maximum absolute atomic E-state index is 11.2. The minimum absolute atomic E-state index is 0.412. The summed E-state index contributed by atoms with van der Waals surface area (Å²) in [5.74, 6) is -0.252. The Hall–Kier alpha value is -1.95. The number of carbonyl (C=O) groups is 1. The molecule has 0 saturated carbocycles. The molecule has 1 aromatic carbocycles. The third-order valence-electron chi connectivity index (χ3n) is 2.41. The highest BCUT2D eigenvalue weighted by Crippen LogP contribution is 2.14. The zero-order chi connectivity index (χ0) is 13.0. The Balaban J connectivity index is 2.07. The second-order valence-corrected chi connectivity index (χ2v) is 4.62. The minimum atomic E-state index is -0.897. The van der Waals surface area contributed by atoms with E-state index in [2.05, 4.69) is 14.7 Å². The molecule has 2 aromatic rings. The van der Waals surface area contributed by atoms with Crippen molar-refractivity contribution in [3.8, 4) is 0 Å². The molecule has 18 heavy (non-hydrogen) atoms. The van der Waals surface area contributed by atoms with Gasteiger partial charge in [0.2, 0.25) is 5.13 Å². The van der Waals surface area contributed by atoms with E-state index in [0.717, 1.165) is 5.56 Å². The molecule has 0 aliphatic carbocycles. The summed E-state index contributed by atoms with van der Waals surface area (Å²) in [6.45, 7) is 1.77. The first kappa shape index (κ1) is 12.5. The Morgan fingerprint density at radius 2 is 2.17 bits per heavy atom. The van der Waals surface area contributed by atoms with Crippen molar-refractivity contribution in [1.29, 1.82) is 0 Å². The van der Waals surface area contributed by atoms with Gasteiger partial charge in [0.25, 0.3) is 0 Å². The molecule has 0 unspecified atom stereocenters. The van der Waals surface area contributed by atoms with Gasteiger partial charge in [-0.05, 0) is 12.5 Å². The molecule has 1 aromatic heterocycles. The van der Waals surface area contributed by atoms with Gasteiger partial charge in [0, 0.05) is 18.0 Å². The van der Waals surface area contributed by atoms with E-state index >= 15 is 0 Å². The Kier molecular flexibility index (Phi) is 3.88. The number of aryl methyl sites for hydroxylation is 1. The van der Waals surface area contributed by atoms with Gasteiger partial charge >= 0.3 is 5.97 Å². The van der Waals surface area contributed by atoms with Crippen LogP contribution in [-0.4, -0.2) is 26.5 Å². The van der Waals surface area contributed by atoms with Crippen LogP contribution in [0.1, 0.15) is 11.4 Å². The number of anilines is 1. The van der Waals surface area contributed by atoms with Gasteiger partial charge in [0.15, 0.2) is 0 Å². The second-order valence-electron chi connectivity index (χ2n) is 3.87. The molecule has 1 atom stereocenters. The summed E-state index contributed by atoms with van der Waals surface area (Å²) in [5.41, 5.74) is 0.971. The molecule has 5 nitrogen and oxygen atoms in total. The van der Waals surface area contributed by atoms with Crippen molar-refractivity contribution in [3.05, 3.63) is 41.7 Å². The third-order valence-corrected chi connectivity index (χ3v) is 3.14. The molecule has 1 heterocycles. The lowest BCUT2D eigenvalue weighted by molar-refractivity contribution is -0.137. The highest BCUT2D eigenvalue weighted by molar-refractivity contribution is 7.09. The largest absolute Gasteiger partial charge is 0.480 e. The van der Waals surface area contributed by atoms with Gasteiger partial charge in [-0.1, -0.05) is 30.3 Å². The van der Waals surface area contributed by atoms with Crippen LogP contribution in [-0.2, 0) is 11.2 Å². The van der Waals surface area contributed by atoms with Crippen molar-refractivity contribution in [2.45, 2.75) is 19.4 Å². The second kappa shape index (κ2) is 5.59. The number of carboxylic acids is 1. The highest BCUT2D eigenvalue weighted by atomic mass is 32.1. The van der Waals surface area contributed by atoms with Gasteiger partial charge in [-0.15, -0.1) is 0 Å². The first-order valence-electron chi connectivity index (χ1n) is 5.49. The van der Waals surface area contributed by atoms with Crippen molar-refractivity contribution in [1.82, 2.24) is 9.36 Å². The average Bonchev–Trinajstić information content (AvgIpc) is 2.75. The lowest BCUT2D eigenvalue weighted by Crippen LogP contribution is -2.31. The lowest BCUT2D eigenvalue weighted by Gasteiger charge is -2.13. The van der Waals surface area contributed by atoms with Crippen LogP contribution in [0, 0.1) is 6.92 Å². The van der Waals surface area contributed by atoms with Gasteiger partial charge in [-0.2, -0.15) is 4.37 Å². The summed E-state index contributed by atoms with van der Waals surface area (Å²) >= 11 is 1.17. The topological polar surface area (TPSA) is 75.1 Å². The summed E-state index contributed by atoms with van der Waals surface area (Å²) in [6.07, 6.45) is 0.412. The normalized spacial score (nSPS) is 12.1. The number of hydrogen-bond donors (Lipinski definition) is 2. The van der Waals surface area contributed by atoms with Crippen molar-refractivity contribution in [2.24, 2.45) is 0 Å². The molecule has 0 spiro atoms. The first-order chi connectivity index (χ1) is 8.65. The molecule has 0 aliphatic rings. The molecule has 0 fully saturated rings. The number of carboxylic acid groups (broad SMARTS) is 1. The van der Waals surface area contributed by atoms with Crippen molar-refractivity contribution >= 4 is 22.6 Å².